The molecule has 3 rings (SSSR count). The molecule has 0 aromatic carbocycles. The average Bonchev–Trinajstić information content (AvgIpc) is 2.62. The van der Waals surface area contributed by atoms with Gasteiger partial charge in [0.15, 0.2) is 0 Å². The molecule has 1 heterocycles. The Morgan fingerprint density at radius 1 is 1.07 bits per heavy atom. The third-order valence-corrected chi connectivity index (χ3v) is 6.83. The first-order valence-corrected chi connectivity index (χ1v) is 6.17. The normalized spacial score (nSPS) is 70.5. The number of rotatable bonds is 0. The predicted octanol–water partition coefficient (Wildman–Crippen LogP) is 2.52. The van der Waals surface area contributed by atoms with Gasteiger partial charge in [-0.05, 0) is 34.5 Å². The Labute approximate surface area is 87.7 Å². The fourth-order valence-electron chi connectivity index (χ4n) is 5.49. The lowest BCUT2D eigenvalue weighted by Gasteiger charge is -2.43. The van der Waals surface area contributed by atoms with E-state index in [0.29, 0.717) is 10.8 Å². The van der Waals surface area contributed by atoms with Gasteiger partial charge in [0.05, 0.1) is 0 Å². The summed E-state index contributed by atoms with van der Waals surface area (Å²) in [5.41, 5.74) is 1.18. The van der Waals surface area contributed by atoms with E-state index in [1.165, 1.54) is 6.54 Å². The van der Waals surface area contributed by atoms with Crippen molar-refractivity contribution in [1.82, 2.24) is 5.32 Å². The van der Waals surface area contributed by atoms with Crippen molar-refractivity contribution in [1.29, 1.82) is 0 Å². The fraction of sp³-hybridized carbons (Fsp3) is 1.00. The molecule has 0 amide bonds. The highest BCUT2D eigenvalue weighted by Gasteiger charge is 2.72. The van der Waals surface area contributed by atoms with Gasteiger partial charge in [-0.1, -0.05) is 34.6 Å². The highest BCUT2D eigenvalue weighted by Crippen LogP contribution is 2.72. The highest BCUT2D eigenvalue weighted by molar-refractivity contribution is 5.23. The molecule has 80 valence electrons. The Morgan fingerprint density at radius 2 is 1.71 bits per heavy atom. The van der Waals surface area contributed by atoms with E-state index in [4.69, 9.17) is 0 Å². The van der Waals surface area contributed by atoms with Gasteiger partial charge in [-0.2, -0.15) is 0 Å². The van der Waals surface area contributed by atoms with Gasteiger partial charge in [0.25, 0.3) is 0 Å². The minimum atomic E-state index is 0.589. The number of fused-ring (bicyclic) bond motifs is 1. The van der Waals surface area contributed by atoms with Gasteiger partial charge in [-0.25, -0.2) is 0 Å². The van der Waals surface area contributed by atoms with E-state index in [1.54, 1.807) is 0 Å². The first-order chi connectivity index (χ1) is 6.44. The van der Waals surface area contributed by atoms with Gasteiger partial charge in [0.1, 0.15) is 0 Å². The van der Waals surface area contributed by atoms with Gasteiger partial charge in [0, 0.05) is 12.6 Å². The van der Waals surface area contributed by atoms with E-state index in [-0.39, 0.29) is 0 Å². The Hall–Kier alpha value is -0.0400. The molecule has 2 bridgehead atoms. The minimum Gasteiger partial charge on any atom is -0.313 e. The third-order valence-electron chi connectivity index (χ3n) is 6.83. The zero-order valence-electron chi connectivity index (χ0n) is 10.1. The van der Waals surface area contributed by atoms with Crippen LogP contribution in [0.25, 0.3) is 0 Å². The van der Waals surface area contributed by atoms with E-state index in [2.05, 4.69) is 39.9 Å². The second-order valence-corrected chi connectivity index (χ2v) is 6.60. The fourth-order valence-corrected chi connectivity index (χ4v) is 5.49. The first-order valence-electron chi connectivity index (χ1n) is 6.17. The summed E-state index contributed by atoms with van der Waals surface area (Å²) in [6.07, 6.45) is 0. The number of hydrogen-bond donors (Lipinski definition) is 1. The molecular weight excluding hydrogens is 170 g/mol. The van der Waals surface area contributed by atoms with Gasteiger partial charge in [-0.3, -0.25) is 0 Å². The Kier molecular flexibility index (Phi) is 1.45. The molecule has 1 saturated heterocycles. The van der Waals surface area contributed by atoms with Crippen LogP contribution in [0.3, 0.4) is 0 Å². The summed E-state index contributed by atoms with van der Waals surface area (Å²) in [6.45, 7) is 13.8. The maximum atomic E-state index is 3.79. The molecule has 3 aliphatic rings. The number of nitrogens with one attached hydrogen (secondary N) is 1. The summed E-state index contributed by atoms with van der Waals surface area (Å²) < 4.78 is 0. The summed E-state index contributed by atoms with van der Waals surface area (Å²) in [6, 6.07) is 0.816. The van der Waals surface area contributed by atoms with E-state index in [1.807, 2.05) is 0 Å². The molecule has 14 heavy (non-hydrogen) atoms. The Morgan fingerprint density at radius 3 is 2.29 bits per heavy atom. The van der Waals surface area contributed by atoms with E-state index in [9.17, 15) is 0 Å². The monoisotopic (exact) mass is 193 g/mol. The quantitative estimate of drug-likeness (QED) is 0.623. The summed E-state index contributed by atoms with van der Waals surface area (Å²) in [5, 5.41) is 3.79. The molecule has 1 heteroatoms. The molecule has 0 aromatic heterocycles. The number of hydrogen-bond acceptors (Lipinski definition) is 1. The largest absolute Gasteiger partial charge is 0.313 e. The van der Waals surface area contributed by atoms with E-state index < -0.39 is 0 Å². The van der Waals surface area contributed by atoms with Crippen molar-refractivity contribution in [3.8, 4) is 0 Å². The molecule has 2 aliphatic carbocycles. The molecule has 3 fully saturated rings. The van der Waals surface area contributed by atoms with Crippen LogP contribution in [0.2, 0.25) is 0 Å². The summed E-state index contributed by atoms with van der Waals surface area (Å²) in [4.78, 5) is 0. The maximum absolute atomic E-state index is 3.79. The predicted molar refractivity (Wildman–Crippen MR) is 59.0 cm³/mol. The van der Waals surface area contributed by atoms with Crippen molar-refractivity contribution in [2.24, 2.45) is 34.5 Å². The lowest BCUT2D eigenvalue weighted by atomic mass is 9.60. The van der Waals surface area contributed by atoms with Crippen molar-refractivity contribution >= 4 is 0 Å². The molecule has 0 radical (unpaired) electrons. The SMILES string of the molecule is CC1C2NCC3(C)C2C(C)C1(C)C3C. The van der Waals surface area contributed by atoms with Crippen LogP contribution in [0.1, 0.15) is 34.6 Å². The molecule has 1 nitrogen and oxygen atoms in total. The zero-order chi connectivity index (χ0) is 10.3. The van der Waals surface area contributed by atoms with E-state index in [0.717, 1.165) is 29.7 Å². The molecule has 0 spiro atoms. The third kappa shape index (κ3) is 0.625. The maximum Gasteiger partial charge on any atom is 0.0135 e. The van der Waals surface area contributed by atoms with Crippen LogP contribution in [0.4, 0.5) is 0 Å². The van der Waals surface area contributed by atoms with Crippen LogP contribution >= 0.6 is 0 Å². The summed E-state index contributed by atoms with van der Waals surface area (Å²) in [5.74, 6) is 3.61. The lowest BCUT2D eigenvalue weighted by molar-refractivity contribution is 0.0579. The molecule has 2 saturated carbocycles. The Balaban J connectivity index is 2.17. The van der Waals surface area contributed by atoms with Crippen LogP contribution in [-0.2, 0) is 0 Å². The van der Waals surface area contributed by atoms with Gasteiger partial charge in [0.2, 0.25) is 0 Å². The van der Waals surface area contributed by atoms with Crippen molar-refractivity contribution in [2.45, 2.75) is 40.7 Å². The van der Waals surface area contributed by atoms with Crippen molar-refractivity contribution in [2.75, 3.05) is 6.54 Å². The average molecular weight is 193 g/mol. The van der Waals surface area contributed by atoms with Gasteiger partial charge in [-0.15, -0.1) is 0 Å². The van der Waals surface area contributed by atoms with Crippen LogP contribution < -0.4 is 5.32 Å². The standard InChI is InChI=1S/C13H23N/c1-7-10-11-8(2)13(7,5)9(3)12(10,4)6-14-11/h7-11,14H,6H2,1-5H3. The van der Waals surface area contributed by atoms with Gasteiger partial charge < -0.3 is 5.32 Å². The molecule has 1 N–H and O–H groups in total. The second-order valence-electron chi connectivity index (χ2n) is 6.60. The summed E-state index contributed by atoms with van der Waals surface area (Å²) in [7, 11) is 0. The van der Waals surface area contributed by atoms with Crippen LogP contribution in [0.5, 0.6) is 0 Å². The smallest absolute Gasteiger partial charge is 0.0135 e. The molecule has 7 unspecified atom stereocenters. The van der Waals surface area contributed by atoms with Crippen molar-refractivity contribution in [3.05, 3.63) is 0 Å². The van der Waals surface area contributed by atoms with Crippen molar-refractivity contribution in [3.63, 3.8) is 0 Å². The molecular formula is C13H23N. The zero-order valence-corrected chi connectivity index (χ0v) is 10.1. The highest BCUT2D eigenvalue weighted by atomic mass is 15.1. The molecule has 7 atom stereocenters. The molecule has 1 aliphatic heterocycles. The van der Waals surface area contributed by atoms with Gasteiger partial charge >= 0.3 is 0 Å². The second kappa shape index (κ2) is 2.21. The topological polar surface area (TPSA) is 12.0 Å². The lowest BCUT2D eigenvalue weighted by Crippen LogP contribution is -2.42. The summed E-state index contributed by atoms with van der Waals surface area (Å²) >= 11 is 0. The minimum absolute atomic E-state index is 0.589. The molecule has 0 aromatic rings. The van der Waals surface area contributed by atoms with Crippen LogP contribution in [-0.4, -0.2) is 12.6 Å². The van der Waals surface area contributed by atoms with E-state index >= 15 is 0 Å². The van der Waals surface area contributed by atoms with Crippen molar-refractivity contribution < 1.29 is 0 Å². The van der Waals surface area contributed by atoms with Crippen LogP contribution in [0, 0.1) is 34.5 Å². The van der Waals surface area contributed by atoms with Crippen LogP contribution in [0.15, 0.2) is 0 Å². The Bertz CT molecular complexity index is 287. The first kappa shape index (κ1) is 9.21.